The van der Waals surface area contributed by atoms with Gasteiger partial charge in [0.2, 0.25) is 17.1 Å². The lowest BCUT2D eigenvalue weighted by Gasteiger charge is -2.28. The molecule has 2 aromatic heterocycles. The van der Waals surface area contributed by atoms with Gasteiger partial charge in [-0.15, -0.1) is 0 Å². The van der Waals surface area contributed by atoms with Crippen LogP contribution in [0.5, 0.6) is 11.5 Å². The number of rotatable bonds is 7. The molecule has 1 amide bonds. The number of methoxy groups -OCH3 is 2. The fraction of sp³-hybridized carbons (Fsp3) is 0.375. The predicted molar refractivity (Wildman–Crippen MR) is 120 cm³/mol. The molecule has 1 unspecified atom stereocenters. The van der Waals surface area contributed by atoms with E-state index in [-0.39, 0.29) is 41.4 Å². The summed E-state index contributed by atoms with van der Waals surface area (Å²) in [5, 5.41) is 10.8. The van der Waals surface area contributed by atoms with Crippen molar-refractivity contribution in [1.82, 2.24) is 4.90 Å². The zero-order valence-corrected chi connectivity index (χ0v) is 18.9. The van der Waals surface area contributed by atoms with Crippen LogP contribution in [-0.2, 0) is 20.9 Å². The van der Waals surface area contributed by atoms with E-state index in [0.29, 0.717) is 37.6 Å². The molecule has 10 heteroatoms. The highest BCUT2D eigenvalue weighted by Crippen LogP contribution is 2.33. The number of carbonyl (C=O) groups excluding carboxylic acids is 1. The van der Waals surface area contributed by atoms with Crippen molar-refractivity contribution >= 4 is 16.9 Å². The molecule has 34 heavy (non-hydrogen) atoms. The van der Waals surface area contributed by atoms with E-state index in [1.165, 1.54) is 26.5 Å². The largest absolute Gasteiger partial charge is 0.502 e. The molecule has 0 saturated carbocycles. The molecule has 1 fully saturated rings. The average molecular weight is 471 g/mol. The van der Waals surface area contributed by atoms with E-state index in [0.717, 1.165) is 6.07 Å². The monoisotopic (exact) mass is 471 g/mol. The number of benzene rings is 1. The van der Waals surface area contributed by atoms with Gasteiger partial charge in [-0.25, -0.2) is 0 Å². The van der Waals surface area contributed by atoms with Crippen LogP contribution < -0.4 is 15.6 Å². The maximum absolute atomic E-state index is 13.5. The quantitative estimate of drug-likeness (QED) is 0.550. The number of morpholine rings is 1. The molecule has 10 nitrogen and oxygen atoms in total. The smallest absolute Gasteiger partial charge is 0.227 e. The molecule has 0 aliphatic carbocycles. The van der Waals surface area contributed by atoms with Gasteiger partial charge < -0.3 is 33.1 Å². The van der Waals surface area contributed by atoms with Gasteiger partial charge in [-0.05, 0) is 18.2 Å². The zero-order valence-electron chi connectivity index (χ0n) is 18.9. The zero-order chi connectivity index (χ0) is 24.2. The molecular weight excluding hydrogens is 446 g/mol. The van der Waals surface area contributed by atoms with E-state index in [1.54, 1.807) is 17.0 Å². The Morgan fingerprint density at radius 2 is 1.94 bits per heavy atom. The van der Waals surface area contributed by atoms with Crippen LogP contribution in [0.4, 0.5) is 0 Å². The maximum Gasteiger partial charge on any atom is 0.227 e. The van der Waals surface area contributed by atoms with Crippen LogP contribution in [0.3, 0.4) is 0 Å². The van der Waals surface area contributed by atoms with E-state index in [2.05, 4.69) is 0 Å². The van der Waals surface area contributed by atoms with Crippen LogP contribution in [0.2, 0.25) is 0 Å². The van der Waals surface area contributed by atoms with Gasteiger partial charge in [-0.1, -0.05) is 0 Å². The number of hydrogen-bond donors (Lipinski definition) is 1. The Balaban J connectivity index is 1.86. The second kappa shape index (κ2) is 10.1. The first-order chi connectivity index (χ1) is 16.4. The second-order valence-corrected chi connectivity index (χ2v) is 7.85. The van der Waals surface area contributed by atoms with Crippen LogP contribution in [0.1, 0.15) is 29.4 Å². The van der Waals surface area contributed by atoms with E-state index in [9.17, 15) is 19.5 Å². The van der Waals surface area contributed by atoms with E-state index >= 15 is 0 Å². The number of hydrogen-bond acceptors (Lipinski definition) is 9. The minimum Gasteiger partial charge on any atom is -0.502 e. The van der Waals surface area contributed by atoms with E-state index in [1.807, 2.05) is 0 Å². The van der Waals surface area contributed by atoms with Gasteiger partial charge in [-0.2, -0.15) is 0 Å². The molecule has 3 heterocycles. The van der Waals surface area contributed by atoms with E-state index in [4.69, 9.17) is 23.0 Å². The van der Waals surface area contributed by atoms with Crippen molar-refractivity contribution in [2.24, 2.45) is 0 Å². The fourth-order valence-electron chi connectivity index (χ4n) is 3.96. The third kappa shape index (κ3) is 4.68. The lowest BCUT2D eigenvalue weighted by atomic mass is 9.91. The Labute approximate surface area is 194 Å². The average Bonchev–Trinajstić information content (AvgIpc) is 2.86. The van der Waals surface area contributed by atoms with Gasteiger partial charge in [-0.3, -0.25) is 14.4 Å². The van der Waals surface area contributed by atoms with Gasteiger partial charge >= 0.3 is 0 Å². The standard InChI is InChI=1S/C24H25NO9/c1-30-12-15-10-19(26)23(29)24(34-15)16(11-21(27)25-5-7-32-8-6-25)18-13-33-20-4-3-14(31-2)9-17(20)22(18)28/h3-4,9-10,13,16,29H,5-8,11-12H2,1-2H3. The van der Waals surface area contributed by atoms with Crippen molar-refractivity contribution < 1.29 is 32.9 Å². The highest BCUT2D eigenvalue weighted by Gasteiger charge is 2.31. The summed E-state index contributed by atoms with van der Waals surface area (Å²) in [6, 6.07) is 5.90. The van der Waals surface area contributed by atoms with Gasteiger partial charge in [0, 0.05) is 38.2 Å². The minimum absolute atomic E-state index is 0.0316. The molecule has 1 N–H and O–H groups in total. The SMILES string of the molecule is COCc1cc(=O)c(O)c(C(CC(=O)N2CCOCC2)c2coc3ccc(OC)cc3c2=O)o1. The van der Waals surface area contributed by atoms with Crippen molar-refractivity contribution in [1.29, 1.82) is 0 Å². The first kappa shape index (κ1) is 23.5. The minimum atomic E-state index is -1.08. The van der Waals surface area contributed by atoms with Crippen LogP contribution in [0.25, 0.3) is 11.0 Å². The number of ether oxygens (including phenoxy) is 3. The van der Waals surface area contributed by atoms with Gasteiger partial charge in [0.25, 0.3) is 0 Å². The Morgan fingerprint density at radius 3 is 2.65 bits per heavy atom. The number of amides is 1. The normalized spacial score (nSPS) is 14.8. The molecule has 0 bridgehead atoms. The van der Waals surface area contributed by atoms with Gasteiger partial charge in [0.1, 0.15) is 23.7 Å². The maximum atomic E-state index is 13.5. The number of carbonyl (C=O) groups is 1. The summed E-state index contributed by atoms with van der Waals surface area (Å²) < 4.78 is 27.0. The molecular formula is C24H25NO9. The Hall–Kier alpha value is -3.63. The Bertz CT molecular complexity index is 1300. The molecule has 1 atom stereocenters. The van der Waals surface area contributed by atoms with Crippen LogP contribution in [0.15, 0.2) is 49.0 Å². The number of fused-ring (bicyclic) bond motifs is 1. The first-order valence-electron chi connectivity index (χ1n) is 10.7. The summed E-state index contributed by atoms with van der Waals surface area (Å²) in [6.07, 6.45) is 1.00. The van der Waals surface area contributed by atoms with E-state index < -0.39 is 22.5 Å². The molecule has 1 saturated heterocycles. The van der Waals surface area contributed by atoms with Gasteiger partial charge in [0.05, 0.1) is 37.9 Å². The number of nitrogens with zero attached hydrogens (tertiary/aromatic N) is 1. The highest BCUT2D eigenvalue weighted by atomic mass is 16.5. The van der Waals surface area contributed by atoms with Crippen molar-refractivity contribution in [3.8, 4) is 11.5 Å². The second-order valence-electron chi connectivity index (χ2n) is 7.85. The first-order valence-corrected chi connectivity index (χ1v) is 10.7. The molecule has 0 spiro atoms. The van der Waals surface area contributed by atoms with Crippen molar-refractivity contribution in [3.63, 3.8) is 0 Å². The van der Waals surface area contributed by atoms with Crippen molar-refractivity contribution in [2.75, 3.05) is 40.5 Å². The summed E-state index contributed by atoms with van der Waals surface area (Å²) in [4.78, 5) is 40.7. The summed E-state index contributed by atoms with van der Waals surface area (Å²) in [7, 11) is 2.90. The Morgan fingerprint density at radius 1 is 1.18 bits per heavy atom. The Kier molecular flexibility index (Phi) is 6.99. The van der Waals surface area contributed by atoms with Gasteiger partial charge in [0.15, 0.2) is 11.2 Å². The lowest BCUT2D eigenvalue weighted by Crippen LogP contribution is -2.41. The molecule has 1 aromatic carbocycles. The summed E-state index contributed by atoms with van der Waals surface area (Å²) >= 11 is 0. The van der Waals surface area contributed by atoms with Crippen molar-refractivity contribution in [2.45, 2.75) is 18.9 Å². The molecule has 3 aromatic rings. The molecule has 180 valence electrons. The highest BCUT2D eigenvalue weighted by molar-refractivity contribution is 5.80. The predicted octanol–water partition coefficient (Wildman–Crippen LogP) is 1.99. The third-order valence-electron chi connectivity index (χ3n) is 5.73. The summed E-state index contributed by atoms with van der Waals surface area (Å²) in [5.41, 5.74) is -0.745. The van der Waals surface area contributed by atoms with Crippen LogP contribution in [0, 0.1) is 0 Å². The molecule has 1 aliphatic heterocycles. The van der Waals surface area contributed by atoms with Crippen LogP contribution >= 0.6 is 0 Å². The lowest BCUT2D eigenvalue weighted by molar-refractivity contribution is -0.135. The van der Waals surface area contributed by atoms with Crippen LogP contribution in [-0.4, -0.2) is 56.4 Å². The summed E-state index contributed by atoms with van der Waals surface area (Å²) in [5.74, 6) is -1.63. The summed E-state index contributed by atoms with van der Waals surface area (Å²) in [6.45, 7) is 1.57. The third-order valence-corrected chi connectivity index (χ3v) is 5.73. The topological polar surface area (TPSA) is 129 Å². The molecule has 1 aliphatic rings. The molecule has 0 radical (unpaired) electrons. The van der Waals surface area contributed by atoms with Crippen molar-refractivity contribution in [3.05, 3.63) is 68.1 Å². The molecule has 4 rings (SSSR count). The number of aromatic hydroxyl groups is 1. The fourth-order valence-corrected chi connectivity index (χ4v) is 3.96.